The van der Waals surface area contributed by atoms with Crippen LogP contribution in [0.5, 0.6) is 0 Å². The number of aliphatic carboxylic acids is 1. The predicted molar refractivity (Wildman–Crippen MR) is 140 cm³/mol. The van der Waals surface area contributed by atoms with Crippen LogP contribution in [-0.4, -0.2) is 54.9 Å². The second-order valence-electron chi connectivity index (χ2n) is 8.49. The van der Waals surface area contributed by atoms with Crippen LogP contribution in [0.1, 0.15) is 22.7 Å². The third-order valence-electron chi connectivity index (χ3n) is 5.76. The zero-order valence-electron chi connectivity index (χ0n) is 19.9. The van der Waals surface area contributed by atoms with E-state index in [1.165, 1.54) is 17.7 Å². The van der Waals surface area contributed by atoms with Crippen LogP contribution in [0.3, 0.4) is 0 Å². The Kier molecular flexibility index (Phi) is 8.43. The minimum Gasteiger partial charge on any atom is -0.475 e. The Morgan fingerprint density at radius 1 is 1.28 bits per heavy atom. The van der Waals surface area contributed by atoms with E-state index >= 15 is 0 Å². The number of anilines is 2. The summed E-state index contributed by atoms with van der Waals surface area (Å²) in [5.74, 6) is -1.35. The number of nitriles is 1. The van der Waals surface area contributed by atoms with E-state index in [9.17, 15) is 13.2 Å². The topological polar surface area (TPSA) is 146 Å². The molecule has 5 rings (SSSR count). The van der Waals surface area contributed by atoms with Crippen LogP contribution in [0.2, 0.25) is 10.0 Å². The molecule has 1 saturated heterocycles. The largest absolute Gasteiger partial charge is 0.490 e. The van der Waals surface area contributed by atoms with Gasteiger partial charge in [0.05, 0.1) is 15.7 Å². The highest BCUT2D eigenvalue weighted by atomic mass is 35.5. The fourth-order valence-electron chi connectivity index (χ4n) is 4.06. The minimum atomic E-state index is -5.08. The number of fused-ring (bicyclic) bond motifs is 1. The number of carboxylic acids is 1. The number of aromatic nitrogens is 5. The number of nitrogens with two attached hydrogens (primary N) is 1. The lowest BCUT2D eigenvalue weighted by atomic mass is 9.95. The van der Waals surface area contributed by atoms with Crippen LogP contribution in [-0.2, 0) is 11.2 Å². The van der Waals surface area contributed by atoms with Gasteiger partial charge >= 0.3 is 12.1 Å². The average Bonchev–Trinajstić information content (AvgIpc) is 3.49. The van der Waals surface area contributed by atoms with Crippen molar-refractivity contribution >= 4 is 57.9 Å². The summed E-state index contributed by atoms with van der Waals surface area (Å²) >= 11 is 13.9. The van der Waals surface area contributed by atoms with Gasteiger partial charge in [-0.15, -0.1) is 11.3 Å². The number of halogens is 5. The standard InChI is InChI=1S/C21H18Cl2N8S.C2HF3O2/c22-13-3-4-14(15(23)7-13)16-8-18-26-11-27-31(18)21(28-16)30-5-1-2-12(10-30)6-19-29-20(25)17(9-24)32-19;3-2(4,5)1(6)7/h3-4,7-8,11-12H,1-2,5-6,10,25H2;(H,6,7). The third-order valence-corrected chi connectivity index (χ3v) is 7.31. The number of rotatable bonds is 4. The number of carbonyl (C=O) groups is 1. The molecular formula is C23H19Cl2F3N8O2S. The normalized spacial score (nSPS) is 15.5. The van der Waals surface area contributed by atoms with Gasteiger partial charge in [0.25, 0.3) is 0 Å². The lowest BCUT2D eigenvalue weighted by Crippen LogP contribution is -2.38. The molecule has 0 radical (unpaired) electrons. The summed E-state index contributed by atoms with van der Waals surface area (Å²) in [5, 5.41) is 22.7. The Morgan fingerprint density at radius 2 is 2.03 bits per heavy atom. The number of nitrogens with zero attached hydrogens (tertiary/aromatic N) is 7. The molecule has 16 heteroatoms. The number of benzene rings is 1. The van der Waals surface area contributed by atoms with Crippen molar-refractivity contribution in [2.24, 2.45) is 5.92 Å². The maximum Gasteiger partial charge on any atom is 0.490 e. The van der Waals surface area contributed by atoms with Gasteiger partial charge in [-0.25, -0.2) is 19.7 Å². The van der Waals surface area contributed by atoms with Crippen LogP contribution in [0.15, 0.2) is 30.6 Å². The first-order valence-electron chi connectivity index (χ1n) is 11.3. The number of hydrogen-bond acceptors (Lipinski definition) is 9. The monoisotopic (exact) mass is 598 g/mol. The molecule has 1 aromatic carbocycles. The molecule has 1 aliphatic heterocycles. The van der Waals surface area contributed by atoms with Crippen molar-refractivity contribution in [2.45, 2.75) is 25.4 Å². The van der Waals surface area contributed by atoms with Gasteiger partial charge in [0.1, 0.15) is 17.3 Å². The Hall–Kier alpha value is -3.67. The van der Waals surface area contributed by atoms with Crippen LogP contribution in [0.25, 0.3) is 16.9 Å². The molecule has 0 amide bonds. The Labute approximate surface area is 233 Å². The molecule has 0 saturated carbocycles. The van der Waals surface area contributed by atoms with Gasteiger partial charge in [-0.1, -0.05) is 23.2 Å². The second-order valence-corrected chi connectivity index (χ2v) is 10.4. The Balaban J connectivity index is 0.000000448. The molecule has 0 aliphatic carbocycles. The molecule has 204 valence electrons. The quantitative estimate of drug-likeness (QED) is 0.327. The molecular weight excluding hydrogens is 580 g/mol. The van der Waals surface area contributed by atoms with E-state index in [0.717, 1.165) is 54.6 Å². The van der Waals surface area contributed by atoms with E-state index in [0.29, 0.717) is 32.3 Å². The maximum absolute atomic E-state index is 10.6. The predicted octanol–water partition coefficient (Wildman–Crippen LogP) is 5.10. The number of nitrogen functional groups attached to an aromatic ring is 1. The molecule has 10 nitrogen and oxygen atoms in total. The molecule has 4 heterocycles. The summed E-state index contributed by atoms with van der Waals surface area (Å²) < 4.78 is 33.5. The third kappa shape index (κ3) is 6.67. The van der Waals surface area contributed by atoms with Gasteiger partial charge in [0.2, 0.25) is 5.95 Å². The molecule has 3 N–H and O–H groups in total. The van der Waals surface area contributed by atoms with E-state index in [-0.39, 0.29) is 0 Å². The number of hydrogen-bond donors (Lipinski definition) is 2. The SMILES string of the molecule is N#Cc1sc(CC2CCCN(c3nc(-c4ccc(Cl)cc4Cl)cc4ncnn34)C2)nc1N.O=C(O)C(F)(F)F. The minimum absolute atomic E-state index is 0.318. The molecule has 0 spiro atoms. The van der Waals surface area contributed by atoms with Crippen molar-refractivity contribution in [1.29, 1.82) is 5.26 Å². The summed E-state index contributed by atoms with van der Waals surface area (Å²) in [5.41, 5.74) is 8.05. The van der Waals surface area contributed by atoms with Crippen LogP contribution >= 0.6 is 34.5 Å². The van der Waals surface area contributed by atoms with Crippen LogP contribution < -0.4 is 10.6 Å². The highest BCUT2D eigenvalue weighted by Crippen LogP contribution is 2.33. The van der Waals surface area contributed by atoms with E-state index in [2.05, 4.69) is 26.0 Å². The smallest absolute Gasteiger partial charge is 0.475 e. The summed E-state index contributed by atoms with van der Waals surface area (Å²) in [6, 6.07) is 9.34. The van der Waals surface area contributed by atoms with Gasteiger partial charge < -0.3 is 15.7 Å². The lowest BCUT2D eigenvalue weighted by Gasteiger charge is -2.33. The highest BCUT2D eigenvalue weighted by molar-refractivity contribution is 7.12. The molecule has 39 heavy (non-hydrogen) atoms. The first-order valence-corrected chi connectivity index (χ1v) is 12.9. The van der Waals surface area contributed by atoms with E-state index in [4.69, 9.17) is 49.1 Å². The summed E-state index contributed by atoms with van der Waals surface area (Å²) in [4.78, 5) is 25.3. The molecule has 3 aromatic heterocycles. The van der Waals surface area contributed by atoms with Gasteiger partial charge in [0, 0.05) is 36.2 Å². The van der Waals surface area contributed by atoms with Crippen molar-refractivity contribution in [1.82, 2.24) is 24.6 Å². The van der Waals surface area contributed by atoms with Crippen LogP contribution in [0.4, 0.5) is 24.9 Å². The Morgan fingerprint density at radius 3 is 2.67 bits per heavy atom. The van der Waals surface area contributed by atoms with Gasteiger partial charge in [0.15, 0.2) is 11.5 Å². The zero-order chi connectivity index (χ0) is 28.3. The van der Waals surface area contributed by atoms with Gasteiger partial charge in [-0.2, -0.15) is 28.0 Å². The molecule has 4 aromatic rings. The molecule has 1 unspecified atom stereocenters. The van der Waals surface area contributed by atoms with Crippen molar-refractivity contribution in [3.05, 3.63) is 50.5 Å². The second kappa shape index (κ2) is 11.6. The summed E-state index contributed by atoms with van der Waals surface area (Å²) in [7, 11) is 0. The maximum atomic E-state index is 10.6. The van der Waals surface area contributed by atoms with E-state index in [1.807, 2.05) is 12.1 Å². The first-order chi connectivity index (χ1) is 18.5. The number of thiazole rings is 1. The van der Waals surface area contributed by atoms with E-state index in [1.54, 1.807) is 16.6 Å². The van der Waals surface area contributed by atoms with Crippen LogP contribution in [0, 0.1) is 17.2 Å². The van der Waals surface area contributed by atoms with Crippen molar-refractivity contribution in [3.63, 3.8) is 0 Å². The molecule has 1 aliphatic rings. The average molecular weight is 599 g/mol. The molecule has 0 bridgehead atoms. The first kappa shape index (κ1) is 28.3. The Bertz CT molecular complexity index is 1550. The van der Waals surface area contributed by atoms with Crippen molar-refractivity contribution in [2.75, 3.05) is 23.7 Å². The number of piperidine rings is 1. The molecule has 1 fully saturated rings. The highest BCUT2D eigenvalue weighted by Gasteiger charge is 2.38. The fraction of sp³-hybridized carbons (Fsp3) is 0.304. The van der Waals surface area contributed by atoms with Gasteiger partial charge in [-0.3, -0.25) is 0 Å². The van der Waals surface area contributed by atoms with Gasteiger partial charge in [-0.05, 0) is 37.0 Å². The van der Waals surface area contributed by atoms with E-state index < -0.39 is 12.1 Å². The fourth-order valence-corrected chi connectivity index (χ4v) is 5.46. The zero-order valence-corrected chi connectivity index (χ0v) is 22.2. The van der Waals surface area contributed by atoms with Crippen molar-refractivity contribution in [3.8, 4) is 17.3 Å². The number of carboxylic acid groups (broad SMARTS) is 1. The summed E-state index contributed by atoms with van der Waals surface area (Å²) in [6.45, 7) is 1.65. The lowest BCUT2D eigenvalue weighted by molar-refractivity contribution is -0.192. The summed E-state index contributed by atoms with van der Waals surface area (Å²) in [6.07, 6.45) is -0.700. The molecule has 1 atom stereocenters. The van der Waals surface area contributed by atoms with Crippen molar-refractivity contribution < 1.29 is 23.1 Å². The number of alkyl halides is 3.